The van der Waals surface area contributed by atoms with Gasteiger partial charge in [0.15, 0.2) is 0 Å². The Kier molecular flexibility index (Phi) is 4.14. The summed E-state index contributed by atoms with van der Waals surface area (Å²) in [6.07, 6.45) is 0. The van der Waals surface area contributed by atoms with E-state index in [0.29, 0.717) is 0 Å². The van der Waals surface area contributed by atoms with Gasteiger partial charge in [-0.15, -0.1) is 5.46 Å². The van der Waals surface area contributed by atoms with Crippen LogP contribution in [-0.2, 0) is 14.0 Å². The van der Waals surface area contributed by atoms with Gasteiger partial charge in [0, 0.05) is 0 Å². The van der Waals surface area contributed by atoms with Crippen LogP contribution in [0, 0.1) is 0 Å². The molecule has 1 rings (SSSR count). The van der Waals surface area contributed by atoms with Gasteiger partial charge >= 0.3 is 6.75 Å². The van der Waals surface area contributed by atoms with Crippen molar-refractivity contribution in [2.75, 3.05) is 28.4 Å². The SMILES string of the molecule is COc1ccc([B-](OC)(OC)OC)cc1. The fraction of sp³-hybridized carbons (Fsp3) is 0.400. The van der Waals surface area contributed by atoms with Crippen molar-refractivity contribution in [2.45, 2.75) is 0 Å². The van der Waals surface area contributed by atoms with Crippen molar-refractivity contribution in [3.8, 4) is 5.75 Å². The van der Waals surface area contributed by atoms with Crippen molar-refractivity contribution in [2.24, 2.45) is 0 Å². The second-order valence-electron chi connectivity index (χ2n) is 3.12. The number of rotatable bonds is 5. The average Bonchev–Trinajstić information content (AvgIpc) is 2.33. The number of benzene rings is 1. The molecule has 0 N–H and O–H groups in total. The van der Waals surface area contributed by atoms with E-state index in [1.54, 1.807) is 28.4 Å². The summed E-state index contributed by atoms with van der Waals surface area (Å²) in [5.41, 5.74) is 0.836. The Labute approximate surface area is 90.1 Å². The molecule has 0 aliphatic heterocycles. The van der Waals surface area contributed by atoms with Crippen LogP contribution in [-0.4, -0.2) is 35.2 Å². The fourth-order valence-corrected chi connectivity index (χ4v) is 1.54. The lowest BCUT2D eigenvalue weighted by atomic mass is 9.69. The average molecular weight is 211 g/mol. The standard InChI is InChI=1S/C10H16BO4/c1-12-10-7-5-9(6-8-10)11(13-2,14-3)15-4/h5-8H,1-4H3/q-1. The van der Waals surface area contributed by atoms with Crippen molar-refractivity contribution in [3.05, 3.63) is 24.3 Å². The maximum Gasteiger partial charge on any atom is 0.409 e. The van der Waals surface area contributed by atoms with Gasteiger partial charge in [0.2, 0.25) is 0 Å². The molecule has 0 aliphatic rings. The third-order valence-corrected chi connectivity index (χ3v) is 2.45. The van der Waals surface area contributed by atoms with E-state index in [4.69, 9.17) is 18.7 Å². The molecule has 5 heteroatoms. The minimum atomic E-state index is -1.84. The van der Waals surface area contributed by atoms with Crippen LogP contribution in [0.4, 0.5) is 0 Å². The summed E-state index contributed by atoms with van der Waals surface area (Å²) in [7, 11) is 6.28. The third-order valence-electron chi connectivity index (χ3n) is 2.45. The van der Waals surface area contributed by atoms with E-state index < -0.39 is 6.75 Å². The van der Waals surface area contributed by atoms with Crippen LogP contribution in [0.2, 0.25) is 0 Å². The second-order valence-corrected chi connectivity index (χ2v) is 3.12. The van der Waals surface area contributed by atoms with Gasteiger partial charge in [0.1, 0.15) is 5.75 Å². The largest absolute Gasteiger partial charge is 0.543 e. The van der Waals surface area contributed by atoms with Gasteiger partial charge in [0.25, 0.3) is 0 Å². The molecule has 0 saturated carbocycles. The lowest BCUT2D eigenvalue weighted by Gasteiger charge is -2.37. The van der Waals surface area contributed by atoms with Gasteiger partial charge in [-0.2, -0.15) is 0 Å². The molecule has 0 spiro atoms. The molecule has 4 nitrogen and oxygen atoms in total. The van der Waals surface area contributed by atoms with Crippen molar-refractivity contribution in [1.29, 1.82) is 0 Å². The normalized spacial score (nSPS) is 11.5. The van der Waals surface area contributed by atoms with Gasteiger partial charge in [0.05, 0.1) is 7.11 Å². The van der Waals surface area contributed by atoms with Gasteiger partial charge in [-0.05, 0) is 33.5 Å². The summed E-state index contributed by atoms with van der Waals surface area (Å²) < 4.78 is 20.9. The highest BCUT2D eigenvalue weighted by Gasteiger charge is 2.27. The van der Waals surface area contributed by atoms with Crippen LogP contribution >= 0.6 is 0 Å². The van der Waals surface area contributed by atoms with Crippen LogP contribution in [0.5, 0.6) is 5.75 Å². The first-order valence-corrected chi connectivity index (χ1v) is 4.65. The molecule has 0 amide bonds. The Bertz CT molecular complexity index is 287. The van der Waals surface area contributed by atoms with Gasteiger partial charge in [-0.3, -0.25) is 0 Å². The first kappa shape index (κ1) is 12.0. The van der Waals surface area contributed by atoms with Crippen molar-refractivity contribution >= 4 is 12.2 Å². The van der Waals surface area contributed by atoms with E-state index in [9.17, 15) is 0 Å². The molecule has 1 aromatic carbocycles. The second kappa shape index (κ2) is 5.16. The predicted molar refractivity (Wildman–Crippen MR) is 59.4 cm³/mol. The molecular weight excluding hydrogens is 195 g/mol. The molecule has 0 aromatic heterocycles. The highest BCUT2D eigenvalue weighted by Crippen LogP contribution is 2.11. The molecule has 84 valence electrons. The van der Waals surface area contributed by atoms with E-state index in [2.05, 4.69) is 0 Å². The molecule has 0 atom stereocenters. The van der Waals surface area contributed by atoms with Gasteiger partial charge < -0.3 is 18.7 Å². The van der Waals surface area contributed by atoms with Crippen molar-refractivity contribution in [1.82, 2.24) is 0 Å². The predicted octanol–water partition coefficient (Wildman–Crippen LogP) is 0.780. The quantitative estimate of drug-likeness (QED) is 0.674. The van der Waals surface area contributed by atoms with Gasteiger partial charge in [-0.25, -0.2) is 0 Å². The van der Waals surface area contributed by atoms with Crippen molar-refractivity contribution < 1.29 is 18.7 Å². The van der Waals surface area contributed by atoms with E-state index in [-0.39, 0.29) is 0 Å². The Morgan fingerprint density at radius 1 is 0.800 bits per heavy atom. The fourth-order valence-electron chi connectivity index (χ4n) is 1.54. The topological polar surface area (TPSA) is 36.9 Å². The first-order chi connectivity index (χ1) is 7.22. The molecule has 0 bridgehead atoms. The minimum absolute atomic E-state index is 0.784. The number of hydrogen-bond acceptors (Lipinski definition) is 4. The van der Waals surface area contributed by atoms with Crippen LogP contribution in [0.15, 0.2) is 24.3 Å². The Morgan fingerprint density at radius 3 is 1.60 bits per heavy atom. The third kappa shape index (κ3) is 2.31. The number of hydrogen-bond donors (Lipinski definition) is 0. The molecule has 0 unspecified atom stereocenters. The molecular formula is C10H16BO4-. The minimum Gasteiger partial charge on any atom is -0.543 e. The number of ether oxygens (including phenoxy) is 1. The Hall–Kier alpha value is -1.04. The van der Waals surface area contributed by atoms with Gasteiger partial charge in [-0.1, -0.05) is 12.1 Å². The molecule has 0 radical (unpaired) electrons. The summed E-state index contributed by atoms with van der Waals surface area (Å²) >= 11 is 0. The first-order valence-electron chi connectivity index (χ1n) is 4.65. The van der Waals surface area contributed by atoms with Crippen LogP contribution < -0.4 is 10.2 Å². The van der Waals surface area contributed by atoms with Crippen LogP contribution in [0.3, 0.4) is 0 Å². The molecule has 1 aromatic rings. The molecule has 0 heterocycles. The smallest absolute Gasteiger partial charge is 0.409 e. The Morgan fingerprint density at radius 2 is 1.27 bits per heavy atom. The Balaban J connectivity index is 3.01. The highest BCUT2D eigenvalue weighted by atomic mass is 16.7. The maximum absolute atomic E-state index is 5.27. The molecule has 0 aliphatic carbocycles. The highest BCUT2D eigenvalue weighted by molar-refractivity contribution is 6.75. The lowest BCUT2D eigenvalue weighted by Crippen LogP contribution is -2.54. The number of methoxy groups -OCH3 is 1. The summed E-state index contributed by atoms with van der Waals surface area (Å²) in [6, 6.07) is 7.39. The molecule has 15 heavy (non-hydrogen) atoms. The van der Waals surface area contributed by atoms with Crippen LogP contribution in [0.25, 0.3) is 0 Å². The lowest BCUT2D eigenvalue weighted by molar-refractivity contribution is 0.140. The summed E-state index contributed by atoms with van der Waals surface area (Å²) in [5, 5.41) is 0. The molecule has 0 saturated heterocycles. The van der Waals surface area contributed by atoms with E-state index >= 15 is 0 Å². The van der Waals surface area contributed by atoms with Crippen LogP contribution in [0.1, 0.15) is 0 Å². The monoisotopic (exact) mass is 211 g/mol. The maximum atomic E-state index is 5.27. The van der Waals surface area contributed by atoms with E-state index in [1.807, 2.05) is 24.3 Å². The zero-order valence-electron chi connectivity index (χ0n) is 9.52. The van der Waals surface area contributed by atoms with Crippen molar-refractivity contribution in [3.63, 3.8) is 0 Å². The van der Waals surface area contributed by atoms with E-state index in [0.717, 1.165) is 11.2 Å². The summed E-state index contributed by atoms with van der Waals surface area (Å²) in [4.78, 5) is 0. The zero-order chi connectivity index (χ0) is 11.3. The summed E-state index contributed by atoms with van der Waals surface area (Å²) in [5.74, 6) is 0.784. The molecule has 0 fully saturated rings. The summed E-state index contributed by atoms with van der Waals surface area (Å²) in [6.45, 7) is -1.84. The zero-order valence-corrected chi connectivity index (χ0v) is 9.52. The van der Waals surface area contributed by atoms with E-state index in [1.165, 1.54) is 0 Å².